The maximum atomic E-state index is 12.9. The number of halogens is 3. The van der Waals surface area contributed by atoms with E-state index in [1.54, 1.807) is 49.7 Å². The molecule has 0 aliphatic heterocycles. The lowest BCUT2D eigenvalue weighted by Gasteiger charge is -2.15. The zero-order valence-corrected chi connectivity index (χ0v) is 17.7. The number of carboxylic acid groups (broad SMARTS) is 1. The summed E-state index contributed by atoms with van der Waals surface area (Å²) >= 11 is 0. The van der Waals surface area contributed by atoms with Crippen LogP contribution in [0.1, 0.15) is 5.56 Å². The molecular weight excluding hydrogens is 437 g/mol. The van der Waals surface area contributed by atoms with E-state index in [4.69, 9.17) is 14.6 Å². The van der Waals surface area contributed by atoms with Gasteiger partial charge >= 0.3 is 12.1 Å². The second-order valence-corrected chi connectivity index (χ2v) is 8.46. The molecule has 0 unspecified atom stereocenters. The van der Waals surface area contributed by atoms with Crippen LogP contribution in [0.5, 0.6) is 5.75 Å². The fourth-order valence-electron chi connectivity index (χ4n) is 2.82. The topological polar surface area (TPSA) is 88.8 Å². The summed E-state index contributed by atoms with van der Waals surface area (Å²) in [6, 6.07) is 13.9. The Morgan fingerprint density at radius 1 is 1.10 bits per heavy atom. The van der Waals surface area contributed by atoms with Gasteiger partial charge in [0.1, 0.15) is 5.75 Å². The Kier molecular flexibility index (Phi) is 7.34. The molecule has 0 spiro atoms. The van der Waals surface area contributed by atoms with E-state index in [9.17, 15) is 21.6 Å². The predicted molar refractivity (Wildman–Crippen MR) is 109 cm³/mol. The highest BCUT2D eigenvalue weighted by Gasteiger charge is 2.38. The Bertz CT molecular complexity index is 1160. The highest BCUT2D eigenvalue weighted by molar-refractivity contribution is 7.90. The van der Waals surface area contributed by atoms with Crippen molar-refractivity contribution in [3.63, 3.8) is 0 Å². The monoisotopic (exact) mass is 458 g/mol. The third-order valence-electron chi connectivity index (χ3n) is 4.14. The lowest BCUT2D eigenvalue weighted by molar-refractivity contribution is -0.192. The van der Waals surface area contributed by atoms with Crippen LogP contribution in [0.25, 0.3) is 10.9 Å². The summed E-state index contributed by atoms with van der Waals surface area (Å²) in [6.45, 7) is 0.663. The molecule has 0 saturated carbocycles. The van der Waals surface area contributed by atoms with Crippen LogP contribution in [-0.4, -0.2) is 55.7 Å². The summed E-state index contributed by atoms with van der Waals surface area (Å²) in [5, 5.41) is 8.00. The predicted octanol–water partition coefficient (Wildman–Crippen LogP) is 3.58. The molecule has 3 rings (SSSR count). The van der Waals surface area contributed by atoms with Crippen LogP contribution in [0.2, 0.25) is 0 Å². The maximum Gasteiger partial charge on any atom is 0.490 e. The van der Waals surface area contributed by atoms with Crippen molar-refractivity contribution in [2.24, 2.45) is 0 Å². The number of benzene rings is 2. The van der Waals surface area contributed by atoms with Gasteiger partial charge in [-0.2, -0.15) is 13.2 Å². The minimum Gasteiger partial charge on any atom is -0.496 e. The van der Waals surface area contributed by atoms with Crippen LogP contribution in [0.4, 0.5) is 13.2 Å². The van der Waals surface area contributed by atoms with Gasteiger partial charge in [0.15, 0.2) is 0 Å². The Hall–Kier alpha value is -3.05. The number of ether oxygens (including phenoxy) is 1. The molecule has 0 saturated heterocycles. The van der Waals surface area contributed by atoms with Crippen molar-refractivity contribution in [3.8, 4) is 5.75 Å². The standard InChI is InChI=1S/C18H20N2O3S.C2HF3O2/c1-19(2)13-16-15-11-12-20(17(15)9-10-18(16)23-3)24(21,22)14-7-5-4-6-8-14;3-2(4,5)1(6)7/h4-12H,13H2,1-3H3;(H,6,7). The summed E-state index contributed by atoms with van der Waals surface area (Å²) < 4.78 is 64.4. The fraction of sp³-hybridized carbons (Fsp3) is 0.250. The molecule has 1 heterocycles. The summed E-state index contributed by atoms with van der Waals surface area (Å²) in [6.07, 6.45) is -3.48. The lowest BCUT2D eigenvalue weighted by atomic mass is 10.1. The van der Waals surface area contributed by atoms with Crippen molar-refractivity contribution in [2.45, 2.75) is 17.6 Å². The van der Waals surface area contributed by atoms with E-state index in [2.05, 4.69) is 0 Å². The normalized spacial score (nSPS) is 11.8. The molecule has 0 atom stereocenters. The third-order valence-corrected chi connectivity index (χ3v) is 5.85. The van der Waals surface area contributed by atoms with E-state index in [0.29, 0.717) is 12.1 Å². The number of rotatable bonds is 5. The van der Waals surface area contributed by atoms with Crippen molar-refractivity contribution in [1.29, 1.82) is 0 Å². The second kappa shape index (κ2) is 9.40. The van der Waals surface area contributed by atoms with Crippen molar-refractivity contribution in [3.05, 3.63) is 60.3 Å². The summed E-state index contributed by atoms with van der Waals surface area (Å²) in [4.78, 5) is 11.2. The zero-order chi connectivity index (χ0) is 23.4. The van der Waals surface area contributed by atoms with Crippen molar-refractivity contribution >= 4 is 26.9 Å². The summed E-state index contributed by atoms with van der Waals surface area (Å²) in [5.41, 5.74) is 1.62. The Balaban J connectivity index is 0.000000423. The summed E-state index contributed by atoms with van der Waals surface area (Å²) in [7, 11) is 1.93. The van der Waals surface area contributed by atoms with Gasteiger partial charge in [0, 0.05) is 23.7 Å². The molecule has 1 N–H and O–H groups in total. The van der Waals surface area contributed by atoms with Crippen molar-refractivity contribution in [1.82, 2.24) is 8.87 Å². The summed E-state index contributed by atoms with van der Waals surface area (Å²) in [5.74, 6) is -2.00. The van der Waals surface area contributed by atoms with Gasteiger partial charge < -0.3 is 14.7 Å². The average Bonchev–Trinajstić information content (AvgIpc) is 3.14. The van der Waals surface area contributed by atoms with E-state index in [0.717, 1.165) is 16.7 Å². The SMILES string of the molecule is COc1ccc2c(ccn2S(=O)(=O)c2ccccc2)c1CN(C)C.O=C(O)C(F)(F)F. The zero-order valence-electron chi connectivity index (χ0n) is 16.9. The Labute approximate surface area is 177 Å². The number of alkyl halides is 3. The fourth-order valence-corrected chi connectivity index (χ4v) is 4.19. The van der Waals surface area contributed by atoms with Gasteiger partial charge in [-0.3, -0.25) is 0 Å². The number of methoxy groups -OCH3 is 1. The van der Waals surface area contributed by atoms with E-state index >= 15 is 0 Å². The molecule has 0 amide bonds. The molecular formula is C20H21F3N2O5S. The van der Waals surface area contributed by atoms with Gasteiger partial charge in [-0.05, 0) is 44.4 Å². The molecule has 0 radical (unpaired) electrons. The van der Waals surface area contributed by atoms with Crippen LogP contribution >= 0.6 is 0 Å². The highest BCUT2D eigenvalue weighted by atomic mass is 32.2. The molecule has 11 heteroatoms. The van der Waals surface area contributed by atoms with Crippen LogP contribution in [0.15, 0.2) is 59.6 Å². The van der Waals surface area contributed by atoms with Crippen LogP contribution in [-0.2, 0) is 21.4 Å². The first-order valence-corrected chi connectivity index (χ1v) is 10.3. The molecule has 168 valence electrons. The molecule has 2 aromatic carbocycles. The number of hydrogen-bond acceptors (Lipinski definition) is 5. The van der Waals surface area contributed by atoms with Crippen molar-refractivity contribution < 1.29 is 36.2 Å². The van der Waals surface area contributed by atoms with Crippen LogP contribution in [0.3, 0.4) is 0 Å². The molecule has 0 aliphatic carbocycles. The molecule has 0 fully saturated rings. The van der Waals surface area contributed by atoms with Crippen LogP contribution < -0.4 is 4.74 Å². The largest absolute Gasteiger partial charge is 0.496 e. The number of nitrogens with zero attached hydrogens (tertiary/aromatic N) is 2. The van der Waals surface area contributed by atoms with E-state index in [1.807, 2.05) is 31.1 Å². The van der Waals surface area contributed by atoms with Crippen molar-refractivity contribution in [2.75, 3.05) is 21.2 Å². The Morgan fingerprint density at radius 3 is 2.16 bits per heavy atom. The minimum absolute atomic E-state index is 0.271. The minimum atomic E-state index is -5.08. The first-order valence-electron chi connectivity index (χ1n) is 8.82. The number of aliphatic carboxylic acids is 1. The molecule has 0 bridgehead atoms. The number of carboxylic acids is 1. The molecule has 7 nitrogen and oxygen atoms in total. The first-order chi connectivity index (χ1) is 14.4. The van der Waals surface area contributed by atoms with E-state index in [1.165, 1.54) is 3.97 Å². The van der Waals surface area contributed by atoms with E-state index in [-0.39, 0.29) is 4.90 Å². The Morgan fingerprint density at radius 2 is 1.68 bits per heavy atom. The van der Waals surface area contributed by atoms with Crippen LogP contribution in [0, 0.1) is 0 Å². The van der Waals surface area contributed by atoms with Gasteiger partial charge in [-0.1, -0.05) is 18.2 Å². The third kappa shape index (κ3) is 5.56. The lowest BCUT2D eigenvalue weighted by Crippen LogP contribution is -2.21. The molecule has 3 aromatic rings. The average molecular weight is 458 g/mol. The number of carbonyl (C=O) groups is 1. The smallest absolute Gasteiger partial charge is 0.490 e. The van der Waals surface area contributed by atoms with Gasteiger partial charge in [-0.15, -0.1) is 0 Å². The van der Waals surface area contributed by atoms with Gasteiger partial charge in [0.2, 0.25) is 0 Å². The quantitative estimate of drug-likeness (QED) is 0.629. The number of aromatic nitrogens is 1. The van der Waals surface area contributed by atoms with E-state index < -0.39 is 22.2 Å². The molecule has 1 aromatic heterocycles. The maximum absolute atomic E-state index is 12.9. The van der Waals surface area contributed by atoms with Gasteiger partial charge in [0.05, 0.1) is 17.5 Å². The highest BCUT2D eigenvalue weighted by Crippen LogP contribution is 2.31. The number of hydrogen-bond donors (Lipinski definition) is 1. The number of fused-ring (bicyclic) bond motifs is 1. The molecule has 0 aliphatic rings. The second-order valence-electron chi connectivity index (χ2n) is 6.65. The van der Waals surface area contributed by atoms with Gasteiger partial charge in [0.25, 0.3) is 10.0 Å². The van der Waals surface area contributed by atoms with Gasteiger partial charge in [-0.25, -0.2) is 17.2 Å². The molecule has 31 heavy (non-hydrogen) atoms. The first kappa shape index (κ1) is 24.2.